The van der Waals surface area contributed by atoms with Crippen molar-refractivity contribution in [2.75, 3.05) is 6.26 Å². The summed E-state index contributed by atoms with van der Waals surface area (Å²) in [5, 5.41) is 0.970. The van der Waals surface area contributed by atoms with Gasteiger partial charge in [-0.3, -0.25) is 0 Å². The molecule has 0 aliphatic rings. The lowest BCUT2D eigenvalue weighted by Crippen LogP contribution is -2.00. The fourth-order valence-corrected chi connectivity index (χ4v) is 2.31. The van der Waals surface area contributed by atoms with Crippen molar-refractivity contribution in [3.05, 3.63) is 52.3 Å². The molecule has 1 aromatic heterocycles. The zero-order chi connectivity index (χ0) is 13.0. The number of pyridine rings is 1. The van der Waals surface area contributed by atoms with Crippen LogP contribution in [0.4, 0.5) is 0 Å². The summed E-state index contributed by atoms with van der Waals surface area (Å²) in [4.78, 5) is 5.22. The van der Waals surface area contributed by atoms with Crippen LogP contribution in [0.1, 0.15) is 5.69 Å². The van der Waals surface area contributed by atoms with E-state index in [4.69, 9.17) is 27.9 Å². The summed E-state index contributed by atoms with van der Waals surface area (Å²) < 4.78 is 5.72. The van der Waals surface area contributed by atoms with Gasteiger partial charge in [-0.25, -0.2) is 4.98 Å². The Kier molecular flexibility index (Phi) is 4.75. The lowest BCUT2D eigenvalue weighted by Gasteiger charge is -2.10. The summed E-state index contributed by atoms with van der Waals surface area (Å²) in [5.74, 6) is 0.822. The van der Waals surface area contributed by atoms with Crippen LogP contribution >= 0.6 is 35.0 Å². The van der Waals surface area contributed by atoms with E-state index >= 15 is 0 Å². The second-order valence-electron chi connectivity index (χ2n) is 3.50. The van der Waals surface area contributed by atoms with E-state index in [9.17, 15) is 0 Å². The quantitative estimate of drug-likeness (QED) is 0.604. The van der Waals surface area contributed by atoms with Crippen molar-refractivity contribution in [2.45, 2.75) is 11.5 Å². The molecule has 0 saturated carbocycles. The minimum atomic E-state index is 0.303. The standard InChI is InChI=1S/C13H11Cl2NOS/c1-18-12-5-3-2-4-11(12)17-8-10-9(14)6-7-13(15)16-10/h2-7H,8H2,1H3. The summed E-state index contributed by atoms with van der Waals surface area (Å²) in [6.45, 7) is 0.303. The first-order valence-electron chi connectivity index (χ1n) is 5.27. The molecule has 0 bridgehead atoms. The van der Waals surface area contributed by atoms with Crippen molar-refractivity contribution < 1.29 is 4.74 Å². The topological polar surface area (TPSA) is 22.1 Å². The van der Waals surface area contributed by atoms with Gasteiger partial charge in [-0.05, 0) is 30.5 Å². The molecule has 0 fully saturated rings. The van der Waals surface area contributed by atoms with E-state index < -0.39 is 0 Å². The van der Waals surface area contributed by atoms with Gasteiger partial charge >= 0.3 is 0 Å². The van der Waals surface area contributed by atoms with Gasteiger partial charge in [0.2, 0.25) is 0 Å². The van der Waals surface area contributed by atoms with Gasteiger partial charge in [0, 0.05) is 4.90 Å². The monoisotopic (exact) mass is 299 g/mol. The molecular weight excluding hydrogens is 289 g/mol. The van der Waals surface area contributed by atoms with E-state index in [1.807, 2.05) is 30.5 Å². The van der Waals surface area contributed by atoms with E-state index in [0.29, 0.717) is 22.5 Å². The molecule has 5 heteroatoms. The number of benzene rings is 1. The molecule has 1 heterocycles. The average molecular weight is 300 g/mol. The Morgan fingerprint density at radius 2 is 1.94 bits per heavy atom. The highest BCUT2D eigenvalue weighted by molar-refractivity contribution is 7.98. The zero-order valence-corrected chi connectivity index (χ0v) is 12.0. The number of aromatic nitrogens is 1. The van der Waals surface area contributed by atoms with Crippen LogP contribution in [-0.4, -0.2) is 11.2 Å². The maximum atomic E-state index is 6.03. The van der Waals surface area contributed by atoms with Crippen molar-refractivity contribution >= 4 is 35.0 Å². The zero-order valence-electron chi connectivity index (χ0n) is 9.69. The Balaban J connectivity index is 2.14. The molecule has 0 aliphatic heterocycles. The molecule has 2 nitrogen and oxygen atoms in total. The second-order valence-corrected chi connectivity index (χ2v) is 5.14. The molecule has 2 rings (SSSR count). The van der Waals surface area contributed by atoms with E-state index in [2.05, 4.69) is 4.98 Å². The van der Waals surface area contributed by atoms with Gasteiger partial charge < -0.3 is 4.74 Å². The summed E-state index contributed by atoms with van der Waals surface area (Å²) in [7, 11) is 0. The first-order chi connectivity index (χ1) is 8.70. The summed E-state index contributed by atoms with van der Waals surface area (Å²) in [5.41, 5.74) is 0.639. The number of nitrogens with zero attached hydrogens (tertiary/aromatic N) is 1. The highest BCUT2D eigenvalue weighted by Crippen LogP contribution is 2.28. The van der Waals surface area contributed by atoms with Gasteiger partial charge in [0.1, 0.15) is 17.5 Å². The SMILES string of the molecule is CSc1ccccc1OCc1nc(Cl)ccc1Cl. The summed E-state index contributed by atoms with van der Waals surface area (Å²) in [6.07, 6.45) is 2.01. The molecule has 94 valence electrons. The number of para-hydroxylation sites is 1. The second kappa shape index (κ2) is 6.32. The predicted octanol–water partition coefficient (Wildman–Crippen LogP) is 4.69. The molecule has 0 radical (unpaired) electrons. The molecule has 0 unspecified atom stereocenters. The fourth-order valence-electron chi connectivity index (χ4n) is 1.44. The molecular formula is C13H11Cl2NOS. The van der Waals surface area contributed by atoms with Crippen molar-refractivity contribution in [3.63, 3.8) is 0 Å². The minimum absolute atomic E-state index is 0.303. The van der Waals surface area contributed by atoms with Crippen molar-refractivity contribution in [1.82, 2.24) is 4.98 Å². The molecule has 0 spiro atoms. The Labute approximate surface area is 120 Å². The molecule has 0 saturated heterocycles. The van der Waals surface area contributed by atoms with Gasteiger partial charge in [-0.2, -0.15) is 0 Å². The molecule has 0 amide bonds. The van der Waals surface area contributed by atoms with E-state index in [1.54, 1.807) is 23.9 Å². The van der Waals surface area contributed by atoms with Gasteiger partial charge in [0.15, 0.2) is 0 Å². The third-order valence-corrected chi connectivity index (χ3v) is 3.65. The first-order valence-corrected chi connectivity index (χ1v) is 7.25. The van der Waals surface area contributed by atoms with Gasteiger partial charge in [-0.15, -0.1) is 11.8 Å². The van der Waals surface area contributed by atoms with Crippen LogP contribution in [0.2, 0.25) is 10.2 Å². The lowest BCUT2D eigenvalue weighted by molar-refractivity contribution is 0.294. The number of hydrogen-bond acceptors (Lipinski definition) is 3. The van der Waals surface area contributed by atoms with Crippen LogP contribution in [0, 0.1) is 0 Å². The van der Waals surface area contributed by atoms with Crippen LogP contribution in [0.25, 0.3) is 0 Å². The maximum Gasteiger partial charge on any atom is 0.133 e. The number of thioether (sulfide) groups is 1. The maximum absolute atomic E-state index is 6.03. The van der Waals surface area contributed by atoms with E-state index in [0.717, 1.165) is 10.6 Å². The lowest BCUT2D eigenvalue weighted by atomic mass is 10.3. The highest BCUT2D eigenvalue weighted by Gasteiger charge is 2.06. The normalized spacial score (nSPS) is 10.4. The molecule has 0 N–H and O–H groups in total. The van der Waals surface area contributed by atoms with Crippen molar-refractivity contribution in [1.29, 1.82) is 0 Å². The summed E-state index contributed by atoms with van der Waals surface area (Å²) in [6, 6.07) is 11.2. The fraction of sp³-hybridized carbons (Fsp3) is 0.154. The largest absolute Gasteiger partial charge is 0.486 e. The summed E-state index contributed by atoms with van der Waals surface area (Å²) >= 11 is 13.5. The number of hydrogen-bond donors (Lipinski definition) is 0. The first kappa shape index (κ1) is 13.5. The van der Waals surface area contributed by atoms with Crippen LogP contribution in [0.3, 0.4) is 0 Å². The van der Waals surface area contributed by atoms with Crippen molar-refractivity contribution in [2.24, 2.45) is 0 Å². The van der Waals surface area contributed by atoms with Crippen molar-refractivity contribution in [3.8, 4) is 5.75 Å². The van der Waals surface area contributed by atoms with E-state index in [-0.39, 0.29) is 0 Å². The third-order valence-electron chi connectivity index (χ3n) is 2.32. The Morgan fingerprint density at radius 3 is 2.72 bits per heavy atom. The molecule has 0 atom stereocenters. The van der Waals surface area contributed by atoms with Gasteiger partial charge in [0.25, 0.3) is 0 Å². The van der Waals surface area contributed by atoms with Crippen LogP contribution in [0.15, 0.2) is 41.3 Å². The molecule has 18 heavy (non-hydrogen) atoms. The van der Waals surface area contributed by atoms with E-state index in [1.165, 1.54) is 0 Å². The average Bonchev–Trinajstić information content (AvgIpc) is 2.40. The number of rotatable bonds is 4. The van der Waals surface area contributed by atoms with Crippen LogP contribution in [0.5, 0.6) is 5.75 Å². The molecule has 1 aromatic carbocycles. The number of halogens is 2. The molecule has 2 aromatic rings. The molecule has 0 aliphatic carbocycles. The predicted molar refractivity (Wildman–Crippen MR) is 76.8 cm³/mol. The van der Waals surface area contributed by atoms with Gasteiger partial charge in [0.05, 0.1) is 10.7 Å². The van der Waals surface area contributed by atoms with Crippen LogP contribution in [-0.2, 0) is 6.61 Å². The smallest absolute Gasteiger partial charge is 0.133 e. The van der Waals surface area contributed by atoms with Gasteiger partial charge in [-0.1, -0.05) is 35.3 Å². The number of ether oxygens (including phenoxy) is 1. The highest BCUT2D eigenvalue weighted by atomic mass is 35.5. The Bertz CT molecular complexity index is 548. The van der Waals surface area contributed by atoms with Crippen LogP contribution < -0.4 is 4.74 Å². The Morgan fingerprint density at radius 1 is 1.17 bits per heavy atom. The third kappa shape index (κ3) is 3.31. The Hall–Kier alpha value is -0.900. The minimum Gasteiger partial charge on any atom is -0.486 e.